The topological polar surface area (TPSA) is 70.0 Å². The summed E-state index contributed by atoms with van der Waals surface area (Å²) in [5.74, 6) is 0. The third-order valence-corrected chi connectivity index (χ3v) is 4.03. The second-order valence-electron chi connectivity index (χ2n) is 3.95. The van der Waals surface area contributed by atoms with Gasteiger partial charge in [-0.25, -0.2) is 13.1 Å². The molecule has 1 rings (SSSR count). The Morgan fingerprint density at radius 1 is 1.62 bits per heavy atom. The number of nitriles is 1. The first-order chi connectivity index (χ1) is 5.90. The van der Waals surface area contributed by atoms with E-state index in [1.165, 1.54) is 6.92 Å². The van der Waals surface area contributed by atoms with Crippen LogP contribution in [0.25, 0.3) is 0 Å². The molecule has 1 unspecified atom stereocenters. The molecule has 0 aromatic heterocycles. The average Bonchev–Trinajstić information content (AvgIpc) is 2.80. The van der Waals surface area contributed by atoms with E-state index in [4.69, 9.17) is 5.26 Å². The van der Waals surface area contributed by atoms with E-state index in [0.717, 1.165) is 12.8 Å². The fraction of sp³-hybridized carbons (Fsp3) is 0.875. The van der Waals surface area contributed by atoms with E-state index in [-0.39, 0.29) is 5.41 Å². The molecule has 1 fully saturated rings. The lowest BCUT2D eigenvalue weighted by Gasteiger charge is -2.11. The Labute approximate surface area is 79.0 Å². The molecule has 0 aliphatic heterocycles. The largest absolute Gasteiger partial charge is 0.227 e. The zero-order valence-corrected chi connectivity index (χ0v) is 8.69. The van der Waals surface area contributed by atoms with Gasteiger partial charge in [0.15, 0.2) is 5.25 Å². The van der Waals surface area contributed by atoms with E-state index >= 15 is 0 Å². The van der Waals surface area contributed by atoms with Crippen molar-refractivity contribution in [1.82, 2.24) is 4.72 Å². The van der Waals surface area contributed by atoms with Crippen molar-refractivity contribution in [2.24, 2.45) is 5.41 Å². The molecule has 0 bridgehead atoms. The minimum absolute atomic E-state index is 0.141. The quantitative estimate of drug-likeness (QED) is 0.726. The number of nitrogens with zero attached hydrogens (tertiary/aromatic N) is 1. The van der Waals surface area contributed by atoms with E-state index < -0.39 is 15.3 Å². The lowest BCUT2D eigenvalue weighted by Crippen LogP contribution is -2.35. The Bertz CT molecular complexity index is 325. The summed E-state index contributed by atoms with van der Waals surface area (Å²) >= 11 is 0. The monoisotopic (exact) mass is 202 g/mol. The van der Waals surface area contributed by atoms with E-state index in [9.17, 15) is 8.42 Å². The third kappa shape index (κ3) is 2.68. The van der Waals surface area contributed by atoms with Gasteiger partial charge in [0.2, 0.25) is 10.0 Å². The van der Waals surface area contributed by atoms with Crippen molar-refractivity contribution in [1.29, 1.82) is 5.26 Å². The van der Waals surface area contributed by atoms with Crippen LogP contribution in [0.3, 0.4) is 0 Å². The molecule has 74 valence electrons. The first kappa shape index (κ1) is 10.5. The number of hydrogen-bond acceptors (Lipinski definition) is 3. The zero-order valence-electron chi connectivity index (χ0n) is 7.87. The number of nitrogens with one attached hydrogen (secondary N) is 1. The van der Waals surface area contributed by atoms with E-state index in [0.29, 0.717) is 6.54 Å². The molecular formula is C8H14N2O2S. The molecule has 0 aromatic carbocycles. The van der Waals surface area contributed by atoms with Crippen molar-refractivity contribution in [2.75, 3.05) is 6.54 Å². The Morgan fingerprint density at radius 3 is 2.54 bits per heavy atom. The minimum atomic E-state index is -3.41. The van der Waals surface area contributed by atoms with Crippen LogP contribution in [0.2, 0.25) is 0 Å². The zero-order chi connectivity index (χ0) is 10.1. The Morgan fingerprint density at radius 2 is 2.15 bits per heavy atom. The first-order valence-electron chi connectivity index (χ1n) is 4.28. The predicted octanol–water partition coefficient (Wildman–Crippen LogP) is 0.618. The lowest BCUT2D eigenvalue weighted by atomic mass is 10.2. The fourth-order valence-corrected chi connectivity index (χ4v) is 1.80. The first-order valence-corrected chi connectivity index (χ1v) is 5.82. The fourth-order valence-electron chi connectivity index (χ4n) is 0.859. The molecule has 0 aromatic rings. The molecular weight excluding hydrogens is 188 g/mol. The van der Waals surface area contributed by atoms with Gasteiger partial charge in [-0.15, -0.1) is 0 Å². The highest BCUT2D eigenvalue weighted by molar-refractivity contribution is 7.90. The van der Waals surface area contributed by atoms with Gasteiger partial charge in [-0.05, 0) is 25.2 Å². The maximum absolute atomic E-state index is 11.3. The maximum Gasteiger partial charge on any atom is 0.227 e. The van der Waals surface area contributed by atoms with Gasteiger partial charge < -0.3 is 0 Å². The van der Waals surface area contributed by atoms with Crippen molar-refractivity contribution < 1.29 is 8.42 Å². The molecule has 5 heteroatoms. The second-order valence-corrected chi connectivity index (χ2v) is 6.03. The maximum atomic E-state index is 11.3. The minimum Gasteiger partial charge on any atom is -0.214 e. The molecule has 1 aliphatic rings. The molecule has 13 heavy (non-hydrogen) atoms. The van der Waals surface area contributed by atoms with Gasteiger partial charge in [-0.2, -0.15) is 5.26 Å². The standard InChI is InChI=1S/C8H14N2O2S/c1-7(5-9)13(11,12)10-6-8(2)3-4-8/h7,10H,3-4,6H2,1-2H3. The summed E-state index contributed by atoms with van der Waals surface area (Å²) < 4.78 is 25.1. The van der Waals surface area contributed by atoms with Crippen LogP contribution >= 0.6 is 0 Å². The molecule has 4 nitrogen and oxygen atoms in total. The highest BCUT2D eigenvalue weighted by Gasteiger charge is 2.38. The number of rotatable bonds is 4. The molecule has 0 radical (unpaired) electrons. The van der Waals surface area contributed by atoms with Crippen LogP contribution in [-0.4, -0.2) is 20.2 Å². The Hall–Kier alpha value is -0.600. The third-order valence-electron chi connectivity index (χ3n) is 2.45. The van der Waals surface area contributed by atoms with Crippen molar-refractivity contribution >= 4 is 10.0 Å². The van der Waals surface area contributed by atoms with Gasteiger partial charge in [0.05, 0.1) is 6.07 Å². The molecule has 1 atom stereocenters. The number of hydrogen-bond donors (Lipinski definition) is 1. The molecule has 1 N–H and O–H groups in total. The second kappa shape index (κ2) is 3.28. The molecule has 1 aliphatic carbocycles. The normalized spacial score (nSPS) is 21.9. The summed E-state index contributed by atoms with van der Waals surface area (Å²) in [6.07, 6.45) is 2.13. The highest BCUT2D eigenvalue weighted by Crippen LogP contribution is 2.44. The van der Waals surface area contributed by atoms with E-state index in [2.05, 4.69) is 4.72 Å². The predicted molar refractivity (Wildman–Crippen MR) is 49.3 cm³/mol. The Kier molecular flexibility index (Phi) is 2.64. The molecule has 0 heterocycles. The van der Waals surface area contributed by atoms with Gasteiger partial charge >= 0.3 is 0 Å². The summed E-state index contributed by atoms with van der Waals surface area (Å²) in [4.78, 5) is 0. The highest BCUT2D eigenvalue weighted by atomic mass is 32.2. The van der Waals surface area contributed by atoms with Gasteiger partial charge in [-0.3, -0.25) is 0 Å². The molecule has 1 saturated carbocycles. The van der Waals surface area contributed by atoms with Crippen LogP contribution in [-0.2, 0) is 10.0 Å². The van der Waals surface area contributed by atoms with Crippen LogP contribution in [0.15, 0.2) is 0 Å². The SMILES string of the molecule is CC(C#N)S(=O)(=O)NCC1(C)CC1. The van der Waals surface area contributed by atoms with Gasteiger partial charge in [0.25, 0.3) is 0 Å². The van der Waals surface area contributed by atoms with E-state index in [1.807, 2.05) is 6.92 Å². The van der Waals surface area contributed by atoms with Crippen LogP contribution in [0, 0.1) is 16.7 Å². The van der Waals surface area contributed by atoms with E-state index in [1.54, 1.807) is 6.07 Å². The van der Waals surface area contributed by atoms with Crippen molar-refractivity contribution in [3.63, 3.8) is 0 Å². The van der Waals surface area contributed by atoms with Crippen molar-refractivity contribution in [2.45, 2.75) is 31.9 Å². The van der Waals surface area contributed by atoms with Crippen molar-refractivity contribution in [3.8, 4) is 6.07 Å². The molecule has 0 saturated heterocycles. The summed E-state index contributed by atoms with van der Waals surface area (Å²) in [5.41, 5.74) is 0.141. The van der Waals surface area contributed by atoms with Gasteiger partial charge in [0.1, 0.15) is 0 Å². The molecule has 0 amide bonds. The number of sulfonamides is 1. The summed E-state index contributed by atoms with van der Waals surface area (Å²) in [7, 11) is -3.41. The average molecular weight is 202 g/mol. The van der Waals surface area contributed by atoms with Gasteiger partial charge in [-0.1, -0.05) is 6.92 Å². The smallest absolute Gasteiger partial charge is 0.214 e. The molecule has 0 spiro atoms. The van der Waals surface area contributed by atoms with Crippen molar-refractivity contribution in [3.05, 3.63) is 0 Å². The summed E-state index contributed by atoms with van der Waals surface area (Å²) in [6, 6.07) is 1.71. The summed E-state index contributed by atoms with van der Waals surface area (Å²) in [6.45, 7) is 3.88. The summed E-state index contributed by atoms with van der Waals surface area (Å²) in [5, 5.41) is 7.48. The van der Waals surface area contributed by atoms with Crippen LogP contribution < -0.4 is 4.72 Å². The van der Waals surface area contributed by atoms with Crippen LogP contribution in [0.4, 0.5) is 0 Å². The van der Waals surface area contributed by atoms with Crippen LogP contribution in [0.5, 0.6) is 0 Å². The Balaban J connectivity index is 2.49. The van der Waals surface area contributed by atoms with Gasteiger partial charge in [0, 0.05) is 6.54 Å². The van der Waals surface area contributed by atoms with Crippen LogP contribution in [0.1, 0.15) is 26.7 Å². The lowest BCUT2D eigenvalue weighted by molar-refractivity contribution is 0.528.